The first-order valence-electron chi connectivity index (χ1n) is 4.68. The normalized spacial score (nSPS) is 9.81. The van der Waals surface area contributed by atoms with E-state index >= 15 is 0 Å². The van der Waals surface area contributed by atoms with E-state index in [0.29, 0.717) is 22.3 Å². The van der Waals surface area contributed by atoms with E-state index in [1.54, 1.807) is 19.3 Å². The summed E-state index contributed by atoms with van der Waals surface area (Å²) in [5, 5.41) is 8.98. The van der Waals surface area contributed by atoms with Gasteiger partial charge in [0.15, 0.2) is 0 Å². The Morgan fingerprint density at radius 2 is 1.94 bits per heavy atom. The second kappa shape index (κ2) is 4.07. The van der Waals surface area contributed by atoms with Crippen LogP contribution in [0.3, 0.4) is 0 Å². The minimum absolute atomic E-state index is 0.335. The summed E-state index contributed by atoms with van der Waals surface area (Å²) < 4.78 is 13.4. The zero-order valence-electron chi connectivity index (χ0n) is 8.61. The molecular weight excluding hydrogens is 205 g/mol. The van der Waals surface area contributed by atoms with Crippen molar-refractivity contribution in [1.29, 1.82) is 5.26 Å². The van der Waals surface area contributed by atoms with Gasteiger partial charge in [0.05, 0.1) is 11.6 Å². The topological polar surface area (TPSA) is 49.6 Å². The van der Waals surface area contributed by atoms with Gasteiger partial charge in [-0.05, 0) is 24.6 Å². The highest BCUT2D eigenvalue weighted by Gasteiger charge is 2.12. The minimum Gasteiger partial charge on any atom is -0.244 e. The van der Waals surface area contributed by atoms with Gasteiger partial charge in [-0.25, -0.2) is 14.4 Å². The Kier molecular flexibility index (Phi) is 2.61. The van der Waals surface area contributed by atoms with Crippen molar-refractivity contribution >= 4 is 0 Å². The summed E-state index contributed by atoms with van der Waals surface area (Å²) in [6.07, 6.45) is 4.52. The molecule has 0 amide bonds. The monoisotopic (exact) mass is 213 g/mol. The highest BCUT2D eigenvalue weighted by molar-refractivity contribution is 5.72. The molecule has 0 fully saturated rings. The highest BCUT2D eigenvalue weighted by Crippen LogP contribution is 2.27. The first kappa shape index (κ1) is 10.2. The molecule has 0 saturated carbocycles. The molecule has 0 N–H and O–H groups in total. The fourth-order valence-corrected chi connectivity index (χ4v) is 1.58. The number of hydrogen-bond donors (Lipinski definition) is 0. The van der Waals surface area contributed by atoms with E-state index in [0.717, 1.165) is 0 Å². The molecule has 1 aromatic heterocycles. The Labute approximate surface area is 92.2 Å². The Morgan fingerprint density at radius 3 is 2.56 bits per heavy atom. The average molecular weight is 213 g/mol. The van der Waals surface area contributed by atoms with Gasteiger partial charge in [0.2, 0.25) is 0 Å². The third kappa shape index (κ3) is 1.63. The molecule has 0 radical (unpaired) electrons. The predicted octanol–water partition coefficient (Wildman–Crippen LogP) is 2.46. The van der Waals surface area contributed by atoms with E-state index in [9.17, 15) is 4.39 Å². The summed E-state index contributed by atoms with van der Waals surface area (Å²) in [4.78, 5) is 7.73. The molecular formula is C12H8FN3. The number of halogens is 1. The molecule has 16 heavy (non-hydrogen) atoms. The lowest BCUT2D eigenvalue weighted by molar-refractivity contribution is 0.619. The standard InChI is InChI=1S/C12H8FN3/c1-8-11(13)3-2-9(4-14)12(8)10-5-15-7-16-6-10/h2-3,5-7H,1H3. The molecule has 4 heteroatoms. The summed E-state index contributed by atoms with van der Waals surface area (Å²) in [5.41, 5.74) is 2.07. The zero-order chi connectivity index (χ0) is 11.5. The quantitative estimate of drug-likeness (QED) is 0.731. The second-order valence-corrected chi connectivity index (χ2v) is 3.33. The number of nitrogens with zero attached hydrogens (tertiary/aromatic N) is 3. The molecule has 1 heterocycles. The Hall–Kier alpha value is -2.28. The Balaban J connectivity index is 2.74. The summed E-state index contributed by atoms with van der Waals surface area (Å²) in [6, 6.07) is 4.80. The summed E-state index contributed by atoms with van der Waals surface area (Å²) in [5.74, 6) is -0.335. The number of hydrogen-bond acceptors (Lipinski definition) is 3. The molecule has 0 unspecified atom stereocenters. The van der Waals surface area contributed by atoms with E-state index in [1.807, 2.05) is 6.07 Å². The van der Waals surface area contributed by atoms with Crippen LogP contribution >= 0.6 is 0 Å². The zero-order valence-corrected chi connectivity index (χ0v) is 8.61. The van der Waals surface area contributed by atoms with Gasteiger partial charge in [0.1, 0.15) is 12.1 Å². The number of rotatable bonds is 1. The van der Waals surface area contributed by atoms with Gasteiger partial charge >= 0.3 is 0 Å². The Morgan fingerprint density at radius 1 is 1.25 bits per heavy atom. The molecule has 0 atom stereocenters. The summed E-state index contributed by atoms with van der Waals surface area (Å²) in [6.45, 7) is 1.64. The van der Waals surface area contributed by atoms with Crippen LogP contribution < -0.4 is 0 Å². The summed E-state index contributed by atoms with van der Waals surface area (Å²) in [7, 11) is 0. The van der Waals surface area contributed by atoms with Gasteiger partial charge in [-0.15, -0.1) is 0 Å². The molecule has 0 aliphatic carbocycles. The predicted molar refractivity (Wildman–Crippen MR) is 56.9 cm³/mol. The van der Waals surface area contributed by atoms with Gasteiger partial charge in [-0.1, -0.05) is 0 Å². The maximum Gasteiger partial charge on any atom is 0.126 e. The van der Waals surface area contributed by atoms with E-state index in [1.165, 1.54) is 18.5 Å². The smallest absolute Gasteiger partial charge is 0.126 e. The SMILES string of the molecule is Cc1c(F)ccc(C#N)c1-c1cncnc1. The lowest BCUT2D eigenvalue weighted by Crippen LogP contribution is -1.93. The van der Waals surface area contributed by atoms with Crippen LogP contribution in [0, 0.1) is 24.1 Å². The fourth-order valence-electron chi connectivity index (χ4n) is 1.58. The first-order valence-corrected chi connectivity index (χ1v) is 4.68. The molecule has 1 aromatic carbocycles. The van der Waals surface area contributed by atoms with Gasteiger partial charge in [-0.3, -0.25) is 0 Å². The van der Waals surface area contributed by atoms with Gasteiger partial charge in [0, 0.05) is 23.5 Å². The summed E-state index contributed by atoms with van der Waals surface area (Å²) >= 11 is 0. The molecule has 2 rings (SSSR count). The number of aromatic nitrogens is 2. The molecule has 78 valence electrons. The third-order valence-corrected chi connectivity index (χ3v) is 2.37. The van der Waals surface area contributed by atoms with E-state index in [-0.39, 0.29) is 5.82 Å². The van der Waals surface area contributed by atoms with Crippen LogP contribution in [0.5, 0.6) is 0 Å². The van der Waals surface area contributed by atoms with Crippen molar-refractivity contribution < 1.29 is 4.39 Å². The van der Waals surface area contributed by atoms with E-state index in [2.05, 4.69) is 9.97 Å². The lowest BCUT2D eigenvalue weighted by Gasteiger charge is -2.07. The maximum atomic E-state index is 13.4. The average Bonchev–Trinajstić information content (AvgIpc) is 2.33. The van der Waals surface area contributed by atoms with Crippen LogP contribution in [0.4, 0.5) is 4.39 Å². The Bertz CT molecular complexity index is 558. The van der Waals surface area contributed by atoms with Crippen LogP contribution in [-0.2, 0) is 0 Å². The van der Waals surface area contributed by atoms with Crippen LogP contribution in [0.15, 0.2) is 30.9 Å². The molecule has 3 nitrogen and oxygen atoms in total. The van der Waals surface area contributed by atoms with Crippen LogP contribution in [0.1, 0.15) is 11.1 Å². The van der Waals surface area contributed by atoms with Gasteiger partial charge in [-0.2, -0.15) is 5.26 Å². The molecule has 0 aliphatic rings. The van der Waals surface area contributed by atoms with Crippen molar-refractivity contribution in [2.75, 3.05) is 0 Å². The first-order chi connectivity index (χ1) is 7.74. The van der Waals surface area contributed by atoms with Crippen LogP contribution in [-0.4, -0.2) is 9.97 Å². The second-order valence-electron chi connectivity index (χ2n) is 3.33. The lowest BCUT2D eigenvalue weighted by atomic mass is 9.97. The molecule has 0 spiro atoms. The maximum absolute atomic E-state index is 13.4. The fraction of sp³-hybridized carbons (Fsp3) is 0.0833. The molecule has 0 bridgehead atoms. The van der Waals surface area contributed by atoms with Crippen molar-refractivity contribution in [3.8, 4) is 17.2 Å². The van der Waals surface area contributed by atoms with Crippen molar-refractivity contribution in [2.24, 2.45) is 0 Å². The number of nitriles is 1. The number of benzene rings is 1. The van der Waals surface area contributed by atoms with Crippen LogP contribution in [0.25, 0.3) is 11.1 Å². The largest absolute Gasteiger partial charge is 0.244 e. The molecule has 0 aliphatic heterocycles. The van der Waals surface area contributed by atoms with Crippen molar-refractivity contribution in [2.45, 2.75) is 6.92 Å². The van der Waals surface area contributed by atoms with Crippen molar-refractivity contribution in [1.82, 2.24) is 9.97 Å². The highest BCUT2D eigenvalue weighted by atomic mass is 19.1. The third-order valence-electron chi connectivity index (χ3n) is 2.37. The van der Waals surface area contributed by atoms with E-state index in [4.69, 9.17) is 5.26 Å². The van der Waals surface area contributed by atoms with Crippen molar-refractivity contribution in [3.05, 3.63) is 47.8 Å². The van der Waals surface area contributed by atoms with Crippen molar-refractivity contribution in [3.63, 3.8) is 0 Å². The molecule has 2 aromatic rings. The van der Waals surface area contributed by atoms with Crippen LogP contribution in [0.2, 0.25) is 0 Å². The van der Waals surface area contributed by atoms with E-state index < -0.39 is 0 Å². The van der Waals surface area contributed by atoms with Gasteiger partial charge < -0.3 is 0 Å². The molecule has 0 saturated heterocycles. The minimum atomic E-state index is -0.335. The van der Waals surface area contributed by atoms with Gasteiger partial charge in [0.25, 0.3) is 0 Å².